The third kappa shape index (κ3) is 5.59. The third-order valence-electron chi connectivity index (χ3n) is 2.88. The number of pyridine rings is 2. The van der Waals surface area contributed by atoms with Gasteiger partial charge >= 0.3 is 0 Å². The molecule has 5 heteroatoms. The zero-order chi connectivity index (χ0) is 16.5. The molecular formula is C18H17N3O2. The maximum Gasteiger partial charge on any atom is 0.221 e. The van der Waals surface area contributed by atoms with Crippen LogP contribution in [0.5, 0.6) is 5.75 Å². The molecule has 0 saturated carbocycles. The van der Waals surface area contributed by atoms with Crippen LogP contribution in [0.3, 0.4) is 0 Å². The second-order valence-corrected chi connectivity index (χ2v) is 4.70. The summed E-state index contributed by atoms with van der Waals surface area (Å²) in [6.45, 7) is 1.44. The number of nitrogens with one attached hydrogen (secondary N) is 1. The number of aromatic nitrogens is 2. The minimum absolute atomic E-state index is 0.115. The van der Waals surface area contributed by atoms with Crippen LogP contribution in [0.25, 0.3) is 11.1 Å². The summed E-state index contributed by atoms with van der Waals surface area (Å²) >= 11 is 0. The number of hydrogen-bond donors (Lipinski definition) is 2. The van der Waals surface area contributed by atoms with Gasteiger partial charge in [-0.3, -0.25) is 14.8 Å². The summed E-state index contributed by atoms with van der Waals surface area (Å²) in [5, 5.41) is 11.5. The van der Waals surface area contributed by atoms with Crippen LogP contribution < -0.4 is 5.32 Å². The Balaban J connectivity index is 0.000000168. The molecule has 3 aromatic rings. The van der Waals surface area contributed by atoms with Crippen LogP contribution >= 0.6 is 0 Å². The molecule has 0 atom stereocenters. The minimum Gasteiger partial charge on any atom is -0.508 e. The lowest BCUT2D eigenvalue weighted by molar-refractivity contribution is -0.114. The van der Waals surface area contributed by atoms with Gasteiger partial charge in [0.05, 0.1) is 0 Å². The van der Waals surface area contributed by atoms with E-state index in [0.717, 1.165) is 0 Å². The van der Waals surface area contributed by atoms with Gasteiger partial charge in [0.15, 0.2) is 0 Å². The highest BCUT2D eigenvalue weighted by atomic mass is 16.3. The Morgan fingerprint density at radius 2 is 1.26 bits per heavy atom. The molecule has 1 amide bonds. The number of phenolic OH excluding ortho intramolecular Hbond substituents is 1. The monoisotopic (exact) mass is 307 g/mol. The molecule has 0 radical (unpaired) electrons. The maximum absolute atomic E-state index is 10.5. The second kappa shape index (κ2) is 8.29. The first kappa shape index (κ1) is 16.2. The fourth-order valence-electron chi connectivity index (χ4n) is 1.84. The Kier molecular flexibility index (Phi) is 5.82. The molecule has 2 heterocycles. The van der Waals surface area contributed by atoms with Crippen LogP contribution in [0.4, 0.5) is 5.69 Å². The number of hydrogen-bond acceptors (Lipinski definition) is 4. The maximum atomic E-state index is 10.5. The number of carbonyl (C=O) groups excluding carboxylic acids is 1. The number of anilines is 1. The van der Waals surface area contributed by atoms with E-state index in [1.54, 1.807) is 36.9 Å². The molecule has 2 aromatic heterocycles. The van der Waals surface area contributed by atoms with E-state index >= 15 is 0 Å². The van der Waals surface area contributed by atoms with Crippen molar-refractivity contribution in [3.63, 3.8) is 0 Å². The molecule has 23 heavy (non-hydrogen) atoms. The average Bonchev–Trinajstić information content (AvgIpc) is 2.59. The van der Waals surface area contributed by atoms with E-state index in [2.05, 4.69) is 15.3 Å². The smallest absolute Gasteiger partial charge is 0.221 e. The summed E-state index contributed by atoms with van der Waals surface area (Å²) in [4.78, 5) is 18.4. The van der Waals surface area contributed by atoms with Gasteiger partial charge in [0.1, 0.15) is 5.75 Å². The van der Waals surface area contributed by atoms with Gasteiger partial charge < -0.3 is 10.4 Å². The van der Waals surface area contributed by atoms with Crippen molar-refractivity contribution in [2.45, 2.75) is 6.92 Å². The fraction of sp³-hybridized carbons (Fsp3) is 0.0556. The number of carbonyl (C=O) groups is 1. The standard InChI is InChI=1S/C10H8N2.C8H9NO2/c1-5-11-6-2-9(1)10-3-7-12-8-4-10;1-6(10)9-7-2-4-8(11)5-3-7/h1-8H;2-5,11H,1H3,(H,9,10). The molecule has 0 fully saturated rings. The van der Waals surface area contributed by atoms with E-state index in [1.165, 1.54) is 30.2 Å². The predicted molar refractivity (Wildman–Crippen MR) is 89.9 cm³/mol. The molecule has 0 aliphatic heterocycles. The molecule has 0 aliphatic rings. The zero-order valence-corrected chi connectivity index (χ0v) is 12.7. The van der Waals surface area contributed by atoms with Gasteiger partial charge in [0.25, 0.3) is 0 Å². The van der Waals surface area contributed by atoms with Gasteiger partial charge in [-0.1, -0.05) is 0 Å². The van der Waals surface area contributed by atoms with E-state index in [0.29, 0.717) is 5.69 Å². The number of benzene rings is 1. The van der Waals surface area contributed by atoms with Crippen molar-refractivity contribution in [3.05, 3.63) is 73.3 Å². The van der Waals surface area contributed by atoms with Crippen LogP contribution in [-0.4, -0.2) is 21.0 Å². The summed E-state index contributed by atoms with van der Waals surface area (Å²) in [6.07, 6.45) is 7.15. The van der Waals surface area contributed by atoms with Crippen molar-refractivity contribution in [1.29, 1.82) is 0 Å². The van der Waals surface area contributed by atoms with Gasteiger partial charge in [0, 0.05) is 37.4 Å². The third-order valence-corrected chi connectivity index (χ3v) is 2.88. The lowest BCUT2D eigenvalue weighted by Gasteiger charge is -1.99. The van der Waals surface area contributed by atoms with Gasteiger partial charge in [-0.05, 0) is 59.7 Å². The quantitative estimate of drug-likeness (QED) is 0.711. The molecule has 2 N–H and O–H groups in total. The van der Waals surface area contributed by atoms with Crippen molar-refractivity contribution in [2.75, 3.05) is 5.32 Å². The van der Waals surface area contributed by atoms with E-state index in [4.69, 9.17) is 5.11 Å². The number of amides is 1. The van der Waals surface area contributed by atoms with E-state index in [1.807, 2.05) is 24.3 Å². The number of aromatic hydroxyl groups is 1. The van der Waals surface area contributed by atoms with E-state index in [9.17, 15) is 4.79 Å². The summed E-state index contributed by atoms with van der Waals surface area (Å²) in [5.41, 5.74) is 3.04. The van der Waals surface area contributed by atoms with Crippen molar-refractivity contribution in [3.8, 4) is 16.9 Å². The van der Waals surface area contributed by atoms with E-state index < -0.39 is 0 Å². The summed E-state index contributed by atoms with van der Waals surface area (Å²) in [5.74, 6) is 0.0785. The Morgan fingerprint density at radius 3 is 1.65 bits per heavy atom. The molecule has 0 aliphatic carbocycles. The number of phenols is 1. The lowest BCUT2D eigenvalue weighted by Crippen LogP contribution is -2.04. The highest BCUT2D eigenvalue weighted by Gasteiger charge is 1.94. The SMILES string of the molecule is CC(=O)Nc1ccc(O)cc1.c1cc(-c2ccncc2)ccn1. The number of rotatable bonds is 2. The molecule has 5 nitrogen and oxygen atoms in total. The first-order valence-corrected chi connectivity index (χ1v) is 7.02. The second-order valence-electron chi connectivity index (χ2n) is 4.70. The molecule has 0 unspecified atom stereocenters. The van der Waals surface area contributed by atoms with Crippen molar-refractivity contribution < 1.29 is 9.90 Å². The van der Waals surface area contributed by atoms with Crippen LogP contribution in [0, 0.1) is 0 Å². The van der Waals surface area contributed by atoms with Crippen molar-refractivity contribution >= 4 is 11.6 Å². The molecule has 116 valence electrons. The minimum atomic E-state index is -0.115. The fourth-order valence-corrected chi connectivity index (χ4v) is 1.84. The Bertz CT molecular complexity index is 692. The lowest BCUT2D eigenvalue weighted by atomic mass is 10.1. The van der Waals surface area contributed by atoms with Crippen molar-refractivity contribution in [2.24, 2.45) is 0 Å². The summed E-state index contributed by atoms with van der Waals surface area (Å²) in [7, 11) is 0. The van der Waals surface area contributed by atoms with Crippen LogP contribution in [-0.2, 0) is 4.79 Å². The van der Waals surface area contributed by atoms with E-state index in [-0.39, 0.29) is 11.7 Å². The predicted octanol–water partition coefficient (Wildman–Crippen LogP) is 3.49. The summed E-state index contributed by atoms with van der Waals surface area (Å²) in [6, 6.07) is 14.2. The van der Waals surface area contributed by atoms with Gasteiger partial charge in [-0.15, -0.1) is 0 Å². The molecule has 0 spiro atoms. The molecule has 1 aromatic carbocycles. The first-order valence-electron chi connectivity index (χ1n) is 7.02. The largest absolute Gasteiger partial charge is 0.508 e. The van der Waals surface area contributed by atoms with Gasteiger partial charge in [-0.2, -0.15) is 0 Å². The van der Waals surface area contributed by atoms with Gasteiger partial charge in [-0.25, -0.2) is 0 Å². The highest BCUT2D eigenvalue weighted by molar-refractivity contribution is 5.88. The van der Waals surface area contributed by atoms with Crippen LogP contribution in [0.1, 0.15) is 6.92 Å². The Morgan fingerprint density at radius 1 is 0.826 bits per heavy atom. The first-order chi connectivity index (χ1) is 11.1. The Hall–Kier alpha value is -3.21. The van der Waals surface area contributed by atoms with Crippen molar-refractivity contribution in [1.82, 2.24) is 9.97 Å². The average molecular weight is 307 g/mol. The molecule has 3 rings (SSSR count). The topological polar surface area (TPSA) is 75.1 Å². The number of nitrogens with zero attached hydrogens (tertiary/aromatic N) is 2. The highest BCUT2D eigenvalue weighted by Crippen LogP contribution is 2.15. The zero-order valence-electron chi connectivity index (χ0n) is 12.7. The Labute approximate surface area is 134 Å². The van der Waals surface area contributed by atoms with Gasteiger partial charge in [0.2, 0.25) is 5.91 Å². The van der Waals surface area contributed by atoms with Crippen LogP contribution in [0.15, 0.2) is 73.3 Å². The molecular weight excluding hydrogens is 290 g/mol. The summed E-state index contributed by atoms with van der Waals surface area (Å²) < 4.78 is 0. The molecule has 0 saturated heterocycles. The normalized spacial score (nSPS) is 9.43. The molecule has 0 bridgehead atoms. The van der Waals surface area contributed by atoms with Crippen LogP contribution in [0.2, 0.25) is 0 Å².